The van der Waals surface area contributed by atoms with Crippen LogP contribution in [-0.2, 0) is 0 Å². The van der Waals surface area contributed by atoms with Crippen molar-refractivity contribution < 1.29 is 23.8 Å². The lowest BCUT2D eigenvalue weighted by Crippen LogP contribution is -2.48. The van der Waals surface area contributed by atoms with Gasteiger partial charge in [-0.3, -0.25) is 0 Å². The topological polar surface area (TPSA) is 73.9 Å². The summed E-state index contributed by atoms with van der Waals surface area (Å²) in [5, 5.41) is 12.9. The highest BCUT2D eigenvalue weighted by atomic mass is 19.1. The smallest absolute Gasteiger partial charge is 0.164 e. The second-order valence-corrected chi connectivity index (χ2v) is 5.54. The number of methoxy groups -OCH3 is 1. The zero-order valence-electron chi connectivity index (χ0n) is 13.2. The summed E-state index contributed by atoms with van der Waals surface area (Å²) in [5.41, 5.74) is 0. The SMILES string of the molecule is COc1ccc(F)cc1OCCCN1CCC(NC(=O)[O-])CC1. The molecule has 0 atom stereocenters. The molecule has 128 valence electrons. The Morgan fingerprint density at radius 3 is 2.78 bits per heavy atom. The number of likely N-dealkylation sites (tertiary alicyclic amines) is 1. The molecule has 0 bridgehead atoms. The third kappa shape index (κ3) is 5.59. The van der Waals surface area contributed by atoms with E-state index in [1.807, 2.05) is 0 Å². The first kappa shape index (κ1) is 17.3. The molecule has 0 aliphatic carbocycles. The lowest BCUT2D eigenvalue weighted by atomic mass is 10.1. The standard InChI is InChI=1S/C16H23FN2O4/c1-22-14-4-3-12(17)11-15(14)23-10-2-7-19-8-5-13(6-9-19)18-16(20)21/h3-4,11,13,18H,2,5-10H2,1H3,(H,20,21)/p-1. The maximum Gasteiger partial charge on any atom is 0.164 e. The second kappa shape index (κ2) is 8.57. The molecule has 1 heterocycles. The molecule has 0 saturated carbocycles. The zero-order valence-corrected chi connectivity index (χ0v) is 13.2. The Hall–Kier alpha value is -2.02. The van der Waals surface area contributed by atoms with Crippen molar-refractivity contribution in [2.75, 3.05) is 33.4 Å². The van der Waals surface area contributed by atoms with E-state index in [2.05, 4.69) is 10.2 Å². The van der Waals surface area contributed by atoms with Gasteiger partial charge in [-0.1, -0.05) is 0 Å². The van der Waals surface area contributed by atoms with Crippen LogP contribution in [0.1, 0.15) is 19.3 Å². The Bertz CT molecular complexity index is 519. The number of carboxylic acid groups (broad SMARTS) is 1. The summed E-state index contributed by atoms with van der Waals surface area (Å²) in [6.45, 7) is 3.01. The van der Waals surface area contributed by atoms with E-state index in [0.717, 1.165) is 38.9 Å². The van der Waals surface area contributed by atoms with Gasteiger partial charge in [0.05, 0.1) is 13.7 Å². The number of carbonyl (C=O) groups excluding carboxylic acids is 1. The number of piperidine rings is 1. The highest BCUT2D eigenvalue weighted by Gasteiger charge is 2.18. The van der Waals surface area contributed by atoms with Gasteiger partial charge in [0.15, 0.2) is 11.5 Å². The van der Waals surface area contributed by atoms with E-state index in [-0.39, 0.29) is 11.9 Å². The second-order valence-electron chi connectivity index (χ2n) is 5.54. The Morgan fingerprint density at radius 1 is 1.39 bits per heavy atom. The Balaban J connectivity index is 1.67. The quantitative estimate of drug-likeness (QED) is 0.757. The van der Waals surface area contributed by atoms with E-state index in [4.69, 9.17) is 9.47 Å². The van der Waals surface area contributed by atoms with Crippen molar-refractivity contribution >= 4 is 6.09 Å². The minimum absolute atomic E-state index is 0.0101. The van der Waals surface area contributed by atoms with E-state index in [9.17, 15) is 14.3 Å². The molecule has 1 aliphatic rings. The van der Waals surface area contributed by atoms with Crippen LogP contribution in [0, 0.1) is 5.82 Å². The molecule has 6 nitrogen and oxygen atoms in total. The summed E-state index contributed by atoms with van der Waals surface area (Å²) in [4.78, 5) is 12.7. The van der Waals surface area contributed by atoms with E-state index in [1.54, 1.807) is 6.07 Å². The molecule has 0 unspecified atom stereocenters. The van der Waals surface area contributed by atoms with Crippen molar-refractivity contribution in [2.45, 2.75) is 25.3 Å². The van der Waals surface area contributed by atoms with Crippen molar-refractivity contribution in [1.82, 2.24) is 10.2 Å². The Kier molecular flexibility index (Phi) is 6.46. The Labute approximate surface area is 135 Å². The molecule has 1 N–H and O–H groups in total. The van der Waals surface area contributed by atoms with Crippen LogP contribution in [0.2, 0.25) is 0 Å². The summed E-state index contributed by atoms with van der Waals surface area (Å²) in [6.07, 6.45) is 1.16. The van der Waals surface area contributed by atoms with Crippen LogP contribution in [0.3, 0.4) is 0 Å². The summed E-state index contributed by atoms with van der Waals surface area (Å²) >= 11 is 0. The van der Waals surface area contributed by atoms with Crippen LogP contribution in [0.15, 0.2) is 18.2 Å². The molecule has 7 heteroatoms. The number of benzene rings is 1. The summed E-state index contributed by atoms with van der Waals surface area (Å²) in [7, 11) is 1.52. The fraction of sp³-hybridized carbons (Fsp3) is 0.562. The highest BCUT2D eigenvalue weighted by molar-refractivity contribution is 5.62. The number of nitrogens with zero attached hydrogens (tertiary/aromatic N) is 1. The van der Waals surface area contributed by atoms with Gasteiger partial charge in [-0.15, -0.1) is 0 Å². The monoisotopic (exact) mass is 325 g/mol. The molecule has 0 radical (unpaired) electrons. The van der Waals surface area contributed by atoms with Gasteiger partial charge in [0.2, 0.25) is 0 Å². The van der Waals surface area contributed by atoms with Crippen LogP contribution in [-0.4, -0.2) is 50.4 Å². The molecule has 1 aromatic rings. The molecule has 1 fully saturated rings. The number of halogens is 1. The number of rotatable bonds is 7. The van der Waals surface area contributed by atoms with Crippen LogP contribution < -0.4 is 19.9 Å². The molecular formula is C16H22FN2O4-. The maximum absolute atomic E-state index is 13.2. The van der Waals surface area contributed by atoms with Crippen LogP contribution in [0.5, 0.6) is 11.5 Å². The predicted octanol–water partition coefficient (Wildman–Crippen LogP) is 1.00. The van der Waals surface area contributed by atoms with Crippen molar-refractivity contribution in [1.29, 1.82) is 0 Å². The van der Waals surface area contributed by atoms with Crippen LogP contribution in [0.4, 0.5) is 9.18 Å². The van der Waals surface area contributed by atoms with Gasteiger partial charge < -0.3 is 29.6 Å². The summed E-state index contributed by atoms with van der Waals surface area (Å²) in [6, 6.07) is 4.18. The molecule has 0 aromatic heterocycles. The zero-order chi connectivity index (χ0) is 16.7. The lowest BCUT2D eigenvalue weighted by Gasteiger charge is -2.32. The minimum atomic E-state index is -1.21. The number of nitrogens with one attached hydrogen (secondary N) is 1. The molecule has 1 aliphatic heterocycles. The lowest BCUT2D eigenvalue weighted by molar-refractivity contribution is -0.251. The number of amides is 1. The fourth-order valence-corrected chi connectivity index (χ4v) is 2.70. The molecule has 0 spiro atoms. The maximum atomic E-state index is 13.2. The average Bonchev–Trinajstić information content (AvgIpc) is 2.53. The normalized spacial score (nSPS) is 16.1. The molecule has 1 saturated heterocycles. The van der Waals surface area contributed by atoms with E-state index < -0.39 is 6.09 Å². The van der Waals surface area contributed by atoms with Crippen LogP contribution >= 0.6 is 0 Å². The van der Waals surface area contributed by atoms with Gasteiger partial charge in [-0.05, 0) is 31.4 Å². The van der Waals surface area contributed by atoms with Crippen molar-refractivity contribution in [3.05, 3.63) is 24.0 Å². The average molecular weight is 325 g/mol. The number of ether oxygens (including phenoxy) is 2. The molecule has 23 heavy (non-hydrogen) atoms. The first-order valence-electron chi connectivity index (χ1n) is 7.74. The first-order valence-corrected chi connectivity index (χ1v) is 7.74. The third-order valence-electron chi connectivity index (χ3n) is 3.91. The molecular weight excluding hydrogens is 303 g/mol. The van der Waals surface area contributed by atoms with E-state index in [1.165, 1.54) is 19.2 Å². The molecule has 1 aromatic carbocycles. The number of hydrogen-bond acceptors (Lipinski definition) is 5. The summed E-state index contributed by atoms with van der Waals surface area (Å²) < 4.78 is 23.9. The van der Waals surface area contributed by atoms with Gasteiger partial charge >= 0.3 is 0 Å². The molecule has 1 amide bonds. The largest absolute Gasteiger partial charge is 0.530 e. The number of carbonyl (C=O) groups is 1. The summed E-state index contributed by atoms with van der Waals surface area (Å²) in [5.74, 6) is 0.563. The minimum Gasteiger partial charge on any atom is -0.530 e. The van der Waals surface area contributed by atoms with Crippen molar-refractivity contribution in [2.24, 2.45) is 0 Å². The first-order chi connectivity index (χ1) is 11.1. The van der Waals surface area contributed by atoms with Crippen molar-refractivity contribution in [3.63, 3.8) is 0 Å². The molecule has 2 rings (SSSR count). The number of hydrogen-bond donors (Lipinski definition) is 1. The van der Waals surface area contributed by atoms with Gasteiger partial charge in [-0.25, -0.2) is 4.39 Å². The highest BCUT2D eigenvalue weighted by Crippen LogP contribution is 2.27. The predicted molar refractivity (Wildman–Crippen MR) is 81.1 cm³/mol. The van der Waals surface area contributed by atoms with Gasteiger partial charge in [-0.2, -0.15) is 0 Å². The van der Waals surface area contributed by atoms with Gasteiger partial charge in [0.1, 0.15) is 11.9 Å². The van der Waals surface area contributed by atoms with Gasteiger partial charge in [0, 0.05) is 31.7 Å². The van der Waals surface area contributed by atoms with E-state index in [0.29, 0.717) is 18.1 Å². The van der Waals surface area contributed by atoms with E-state index >= 15 is 0 Å². The fourth-order valence-electron chi connectivity index (χ4n) is 2.70. The van der Waals surface area contributed by atoms with Crippen molar-refractivity contribution in [3.8, 4) is 11.5 Å². The van der Waals surface area contributed by atoms with Crippen LogP contribution in [0.25, 0.3) is 0 Å². The third-order valence-corrected chi connectivity index (χ3v) is 3.91. The Morgan fingerprint density at radius 2 is 2.13 bits per heavy atom. The van der Waals surface area contributed by atoms with Gasteiger partial charge in [0.25, 0.3) is 0 Å².